The highest BCUT2D eigenvalue weighted by Gasteiger charge is 2.33. The fraction of sp³-hybridized carbons (Fsp3) is 0.100. The maximum absolute atomic E-state index is 12.4. The highest BCUT2D eigenvalue weighted by molar-refractivity contribution is 6.29. The second-order valence-corrected chi connectivity index (χ2v) is 3.68. The Morgan fingerprint density at radius 3 is 2.61 bits per heavy atom. The minimum atomic E-state index is -4.53. The average Bonchev–Trinajstić information content (AvgIpc) is 2.77. The molecule has 0 N–H and O–H groups in total. The zero-order chi connectivity index (χ0) is 13.3. The molecule has 8 heteroatoms. The van der Waals surface area contributed by atoms with Gasteiger partial charge in [-0.3, -0.25) is 0 Å². The van der Waals surface area contributed by atoms with E-state index in [4.69, 9.17) is 16.9 Å². The molecule has 2 rings (SSSR count). The molecule has 0 aliphatic heterocycles. The minimum Gasteiger partial charge on any atom is -0.222 e. The normalized spacial score (nSPS) is 11.3. The fourth-order valence-electron chi connectivity index (χ4n) is 1.27. The number of rotatable bonds is 1. The van der Waals surface area contributed by atoms with Crippen LogP contribution in [0.3, 0.4) is 0 Å². The van der Waals surface area contributed by atoms with E-state index in [2.05, 4.69) is 10.1 Å². The lowest BCUT2D eigenvalue weighted by molar-refractivity contribution is -0.141. The van der Waals surface area contributed by atoms with Crippen molar-refractivity contribution in [3.63, 3.8) is 0 Å². The summed E-state index contributed by atoms with van der Waals surface area (Å²) >= 11 is 5.65. The summed E-state index contributed by atoms with van der Waals surface area (Å²) in [7, 11) is 0. The first-order chi connectivity index (χ1) is 8.40. The van der Waals surface area contributed by atoms with E-state index in [9.17, 15) is 13.2 Å². The van der Waals surface area contributed by atoms with Crippen molar-refractivity contribution in [3.05, 3.63) is 40.8 Å². The molecule has 92 valence electrons. The van der Waals surface area contributed by atoms with Gasteiger partial charge in [0.2, 0.25) is 0 Å². The summed E-state index contributed by atoms with van der Waals surface area (Å²) in [6, 6.07) is 5.24. The van der Waals surface area contributed by atoms with E-state index in [0.29, 0.717) is 0 Å². The summed E-state index contributed by atoms with van der Waals surface area (Å²) in [6.07, 6.45) is -3.43. The van der Waals surface area contributed by atoms with Crippen LogP contribution in [-0.4, -0.2) is 14.8 Å². The van der Waals surface area contributed by atoms with Gasteiger partial charge in [-0.15, -0.1) is 0 Å². The molecular weight excluding hydrogens is 269 g/mol. The van der Waals surface area contributed by atoms with Crippen molar-refractivity contribution < 1.29 is 13.2 Å². The summed E-state index contributed by atoms with van der Waals surface area (Å²) in [5, 5.41) is 12.1. The van der Waals surface area contributed by atoms with E-state index < -0.39 is 11.9 Å². The summed E-state index contributed by atoms with van der Waals surface area (Å²) in [4.78, 5) is 3.79. The monoisotopic (exact) mass is 272 g/mol. The Hall–Kier alpha value is -2.07. The fourth-order valence-corrected chi connectivity index (χ4v) is 1.47. The van der Waals surface area contributed by atoms with Crippen LogP contribution in [0.15, 0.2) is 24.4 Å². The highest BCUT2D eigenvalue weighted by atomic mass is 35.5. The van der Waals surface area contributed by atoms with E-state index >= 15 is 0 Å². The number of pyridine rings is 1. The van der Waals surface area contributed by atoms with Crippen molar-refractivity contribution in [2.75, 3.05) is 0 Å². The summed E-state index contributed by atoms with van der Waals surface area (Å²) in [5.74, 6) is 0.0505. The van der Waals surface area contributed by atoms with Gasteiger partial charge in [0.1, 0.15) is 5.15 Å². The Labute approximate surface area is 104 Å². The van der Waals surface area contributed by atoms with Gasteiger partial charge in [-0.25, -0.2) is 9.67 Å². The summed E-state index contributed by atoms with van der Waals surface area (Å²) in [5.41, 5.74) is -0.850. The van der Waals surface area contributed by atoms with Crippen molar-refractivity contribution in [1.29, 1.82) is 5.26 Å². The van der Waals surface area contributed by atoms with Gasteiger partial charge in [0, 0.05) is 12.3 Å². The van der Waals surface area contributed by atoms with Gasteiger partial charge in [0.05, 0.1) is 11.6 Å². The molecule has 0 aliphatic carbocycles. The van der Waals surface area contributed by atoms with E-state index in [0.717, 1.165) is 16.9 Å². The third kappa shape index (κ3) is 2.43. The number of nitriles is 1. The molecule has 2 aromatic heterocycles. The average molecular weight is 273 g/mol. The van der Waals surface area contributed by atoms with Gasteiger partial charge in [0.25, 0.3) is 0 Å². The SMILES string of the molecule is N#Cc1cc(Cl)nc(-n2ccc(C(F)(F)F)n2)c1. The molecule has 0 unspecified atom stereocenters. The number of hydrogen-bond donors (Lipinski definition) is 0. The topological polar surface area (TPSA) is 54.5 Å². The Kier molecular flexibility index (Phi) is 2.97. The highest BCUT2D eigenvalue weighted by Crippen LogP contribution is 2.27. The Bertz CT molecular complexity index is 627. The zero-order valence-corrected chi connectivity index (χ0v) is 9.37. The quantitative estimate of drug-likeness (QED) is 0.750. The van der Waals surface area contributed by atoms with E-state index in [-0.39, 0.29) is 16.5 Å². The number of aromatic nitrogens is 3. The van der Waals surface area contributed by atoms with Gasteiger partial charge in [0.15, 0.2) is 11.5 Å². The van der Waals surface area contributed by atoms with Crippen LogP contribution in [0.1, 0.15) is 11.3 Å². The van der Waals surface area contributed by atoms with Gasteiger partial charge < -0.3 is 0 Å². The molecule has 0 fully saturated rings. The lowest BCUT2D eigenvalue weighted by Gasteiger charge is -2.03. The van der Waals surface area contributed by atoms with Crippen molar-refractivity contribution >= 4 is 11.6 Å². The molecule has 0 aliphatic rings. The zero-order valence-electron chi connectivity index (χ0n) is 8.61. The van der Waals surface area contributed by atoms with E-state index in [1.165, 1.54) is 12.1 Å². The Morgan fingerprint density at radius 2 is 2.06 bits per heavy atom. The van der Waals surface area contributed by atoms with Gasteiger partial charge in [-0.2, -0.15) is 23.5 Å². The first kappa shape index (κ1) is 12.4. The molecule has 0 saturated heterocycles. The molecule has 2 aromatic rings. The van der Waals surface area contributed by atoms with Gasteiger partial charge in [-0.1, -0.05) is 11.6 Å². The van der Waals surface area contributed by atoms with Crippen LogP contribution >= 0.6 is 11.6 Å². The molecule has 0 bridgehead atoms. The molecular formula is C10H4ClF3N4. The second kappa shape index (κ2) is 4.31. The third-order valence-corrected chi connectivity index (χ3v) is 2.22. The van der Waals surface area contributed by atoms with Crippen molar-refractivity contribution in [2.24, 2.45) is 0 Å². The lowest BCUT2D eigenvalue weighted by atomic mass is 10.3. The first-order valence-corrected chi connectivity index (χ1v) is 4.99. The van der Waals surface area contributed by atoms with Crippen molar-refractivity contribution in [2.45, 2.75) is 6.18 Å². The lowest BCUT2D eigenvalue weighted by Crippen LogP contribution is -2.08. The molecule has 0 amide bonds. The summed E-state index contributed by atoms with van der Waals surface area (Å²) < 4.78 is 38.0. The largest absolute Gasteiger partial charge is 0.435 e. The maximum Gasteiger partial charge on any atom is 0.435 e. The van der Waals surface area contributed by atoms with Crippen LogP contribution in [0.5, 0.6) is 0 Å². The molecule has 0 radical (unpaired) electrons. The van der Waals surface area contributed by atoms with Crippen LogP contribution in [0.25, 0.3) is 5.82 Å². The van der Waals surface area contributed by atoms with Crippen LogP contribution in [0.4, 0.5) is 13.2 Å². The molecule has 0 spiro atoms. The third-order valence-electron chi connectivity index (χ3n) is 2.02. The minimum absolute atomic E-state index is 0.00751. The number of alkyl halides is 3. The van der Waals surface area contributed by atoms with Gasteiger partial charge in [-0.05, 0) is 12.1 Å². The summed E-state index contributed by atoms with van der Waals surface area (Å²) in [6.45, 7) is 0. The molecule has 2 heterocycles. The molecule has 18 heavy (non-hydrogen) atoms. The predicted octanol–water partition coefficient (Wildman–Crippen LogP) is 2.81. The van der Waals surface area contributed by atoms with Gasteiger partial charge >= 0.3 is 6.18 Å². The standard InChI is InChI=1S/C10H4ClF3N4/c11-8-3-6(5-15)4-9(16-8)18-2-1-7(17-18)10(12,13)14/h1-4H. The van der Waals surface area contributed by atoms with Crippen LogP contribution in [0.2, 0.25) is 5.15 Å². The maximum atomic E-state index is 12.4. The number of hydrogen-bond acceptors (Lipinski definition) is 3. The molecule has 0 aromatic carbocycles. The van der Waals surface area contributed by atoms with E-state index in [1.54, 1.807) is 0 Å². The van der Waals surface area contributed by atoms with Crippen molar-refractivity contribution in [1.82, 2.24) is 14.8 Å². The molecule has 0 saturated carbocycles. The van der Waals surface area contributed by atoms with Crippen LogP contribution in [-0.2, 0) is 6.18 Å². The first-order valence-electron chi connectivity index (χ1n) is 4.61. The smallest absolute Gasteiger partial charge is 0.222 e. The van der Waals surface area contributed by atoms with Crippen LogP contribution in [0, 0.1) is 11.3 Å². The van der Waals surface area contributed by atoms with E-state index in [1.807, 2.05) is 6.07 Å². The van der Waals surface area contributed by atoms with Crippen molar-refractivity contribution in [3.8, 4) is 11.9 Å². The second-order valence-electron chi connectivity index (χ2n) is 3.29. The Balaban J connectivity index is 2.47. The number of nitrogens with zero attached hydrogens (tertiary/aromatic N) is 4. The predicted molar refractivity (Wildman–Crippen MR) is 56.1 cm³/mol. The Morgan fingerprint density at radius 1 is 1.33 bits per heavy atom. The van der Waals surface area contributed by atoms with Crippen LogP contribution < -0.4 is 0 Å². The molecule has 4 nitrogen and oxygen atoms in total. The molecule has 0 atom stereocenters. The number of halogens is 4.